The third-order valence-corrected chi connectivity index (χ3v) is 1.86. The summed E-state index contributed by atoms with van der Waals surface area (Å²) in [5, 5.41) is 0. The summed E-state index contributed by atoms with van der Waals surface area (Å²) in [6.07, 6.45) is 3.99. The molecule has 0 aromatic heterocycles. The molecule has 0 bridgehead atoms. The van der Waals surface area contributed by atoms with Crippen LogP contribution in [0, 0.1) is 0 Å². The first-order valence-electron chi connectivity index (χ1n) is 2.68. The molecule has 0 saturated carbocycles. The van der Waals surface area contributed by atoms with Crippen LogP contribution in [0.1, 0.15) is 26.2 Å². The molecule has 0 N–H and O–H groups in total. The summed E-state index contributed by atoms with van der Waals surface area (Å²) in [5.41, 5.74) is 0. The Kier molecular flexibility index (Phi) is 16.8. The Bertz CT molecular complexity index is 29.6. The zero-order valence-corrected chi connectivity index (χ0v) is 10.1. The predicted molar refractivity (Wildman–Crippen MR) is 41.0 cm³/mol. The average Bonchev–Trinajstić information content (AvgIpc) is 1.69. The van der Waals surface area contributed by atoms with Crippen LogP contribution in [-0.4, -0.2) is 5.75 Å². The Hall–Kier alpha value is 1.32. The third-order valence-electron chi connectivity index (χ3n) is 0.839. The van der Waals surface area contributed by atoms with Crippen LogP contribution in [0.5, 0.6) is 0 Å². The molecule has 0 unspecified atom stereocenters. The second kappa shape index (κ2) is 11.2. The van der Waals surface area contributed by atoms with E-state index < -0.39 is 0 Å². The van der Waals surface area contributed by atoms with Gasteiger partial charge >= 0.3 is 0 Å². The van der Waals surface area contributed by atoms with Crippen LogP contribution in [0.25, 0.3) is 0 Å². The maximum absolute atomic E-state index is 4.01. The van der Waals surface area contributed by atoms with Crippen molar-refractivity contribution in [2.24, 2.45) is 0 Å². The van der Waals surface area contributed by atoms with Crippen LogP contribution in [0.4, 0.5) is 0 Å². The van der Waals surface area contributed by atoms with Gasteiger partial charge < -0.3 is 0 Å². The summed E-state index contributed by atoms with van der Waals surface area (Å²) < 4.78 is 0. The first kappa shape index (κ1) is 12.0. The topological polar surface area (TPSA) is 0 Å². The zero-order valence-electron chi connectivity index (χ0n) is 5.39. The van der Waals surface area contributed by atoms with E-state index in [9.17, 15) is 0 Å². The van der Waals surface area contributed by atoms with Gasteiger partial charge in [0.2, 0.25) is 0 Å². The minimum Gasteiger partial charge on any atom is -0.111 e. The molecule has 0 atom stereocenters. The van der Waals surface area contributed by atoms with Crippen LogP contribution >= 0.6 is 22.5 Å². The van der Waals surface area contributed by atoms with E-state index in [1.165, 1.54) is 25.0 Å². The molecular weight excluding hydrogens is 190 g/mol. The van der Waals surface area contributed by atoms with Gasteiger partial charge in [0, 0.05) is 25.2 Å². The fourth-order valence-electron chi connectivity index (χ4n) is 0.417. The minimum atomic E-state index is 0. The summed E-state index contributed by atoms with van der Waals surface area (Å²) in [5.74, 6) is 1.21. The Morgan fingerprint density at radius 2 is 2.00 bits per heavy atom. The quantitative estimate of drug-likeness (QED) is 0.316. The van der Waals surface area contributed by atoms with Gasteiger partial charge in [-0.15, -0.1) is 11.7 Å². The Morgan fingerprint density at radius 3 is 2.38 bits per heavy atom. The van der Waals surface area contributed by atoms with Gasteiger partial charge in [-0.05, 0) is 6.42 Å². The maximum atomic E-state index is 4.01. The summed E-state index contributed by atoms with van der Waals surface area (Å²) >= 11 is 4.01. The summed E-state index contributed by atoms with van der Waals surface area (Å²) in [6, 6.07) is 0. The van der Waals surface area contributed by atoms with E-state index in [4.69, 9.17) is 0 Å². The van der Waals surface area contributed by atoms with Gasteiger partial charge in [0.15, 0.2) is 0 Å². The Morgan fingerprint density at radius 1 is 1.38 bits per heavy atom. The van der Waals surface area contributed by atoms with Crippen molar-refractivity contribution in [2.45, 2.75) is 26.2 Å². The van der Waals surface area contributed by atoms with E-state index in [1.807, 2.05) is 0 Å². The molecule has 46 valence electrons. The molecule has 0 spiro atoms. The monoisotopic (exact) mass is 200 g/mol. The molecule has 0 rings (SSSR count). The minimum absolute atomic E-state index is 0. The Balaban J connectivity index is 0. The molecule has 0 aromatic rings. The maximum Gasteiger partial charge on any atom is 0.00344 e. The first-order chi connectivity index (χ1) is 3.41. The van der Waals surface area contributed by atoms with Gasteiger partial charge in [0.25, 0.3) is 0 Å². The van der Waals surface area contributed by atoms with E-state index in [0.29, 0.717) is 0 Å². The molecule has 0 fully saturated rings. The van der Waals surface area contributed by atoms with Crippen molar-refractivity contribution >= 4 is 22.5 Å². The van der Waals surface area contributed by atoms with Gasteiger partial charge in [0.05, 0.1) is 0 Å². The molecular formula is C5H12S2Zn. The first-order valence-corrected chi connectivity index (χ1v) is 4.72. The van der Waals surface area contributed by atoms with Crippen molar-refractivity contribution in [3.63, 3.8) is 0 Å². The number of unbranched alkanes of at least 4 members (excludes halogenated alkanes) is 2. The number of thiol groups is 1. The third kappa shape index (κ3) is 10.3. The molecule has 0 nitrogen and oxygen atoms in total. The molecule has 0 aromatic carbocycles. The SMILES string of the molecule is CCCCCSS.[Zn]. The van der Waals surface area contributed by atoms with Crippen molar-refractivity contribution in [3.8, 4) is 0 Å². The second-order valence-corrected chi connectivity index (χ2v) is 2.98. The van der Waals surface area contributed by atoms with Crippen molar-refractivity contribution in [1.82, 2.24) is 0 Å². The number of hydrogen-bond donors (Lipinski definition) is 1. The van der Waals surface area contributed by atoms with E-state index in [1.54, 1.807) is 10.8 Å². The van der Waals surface area contributed by atoms with Crippen LogP contribution in [0.3, 0.4) is 0 Å². The van der Waals surface area contributed by atoms with E-state index in [0.717, 1.165) is 0 Å². The van der Waals surface area contributed by atoms with Crippen molar-refractivity contribution in [2.75, 3.05) is 5.75 Å². The number of hydrogen-bond acceptors (Lipinski definition) is 2. The van der Waals surface area contributed by atoms with Crippen LogP contribution in [0.2, 0.25) is 0 Å². The van der Waals surface area contributed by atoms with E-state index >= 15 is 0 Å². The summed E-state index contributed by atoms with van der Waals surface area (Å²) in [6.45, 7) is 2.21. The molecule has 0 aliphatic carbocycles. The Labute approximate surface area is 73.8 Å². The largest absolute Gasteiger partial charge is 0.111 e. The fraction of sp³-hybridized carbons (Fsp3) is 1.00. The van der Waals surface area contributed by atoms with Crippen molar-refractivity contribution in [3.05, 3.63) is 0 Å². The van der Waals surface area contributed by atoms with Gasteiger partial charge in [-0.1, -0.05) is 30.6 Å². The summed E-state index contributed by atoms with van der Waals surface area (Å²) in [4.78, 5) is 0. The zero-order chi connectivity index (χ0) is 5.54. The second-order valence-electron chi connectivity index (χ2n) is 1.54. The van der Waals surface area contributed by atoms with Gasteiger partial charge in [-0.3, -0.25) is 0 Å². The smallest absolute Gasteiger partial charge is 0.00344 e. The van der Waals surface area contributed by atoms with Crippen LogP contribution in [0.15, 0.2) is 0 Å². The number of rotatable bonds is 4. The molecule has 0 heterocycles. The standard InChI is InChI=1S/C5H12S2.Zn/c1-2-3-4-5-7-6;/h6H,2-5H2,1H3;. The molecule has 8 heavy (non-hydrogen) atoms. The summed E-state index contributed by atoms with van der Waals surface area (Å²) in [7, 11) is 1.64. The van der Waals surface area contributed by atoms with E-state index in [2.05, 4.69) is 18.6 Å². The fourth-order valence-corrected chi connectivity index (χ4v) is 1.14. The predicted octanol–water partition coefficient (Wildman–Crippen LogP) is 2.75. The van der Waals surface area contributed by atoms with Crippen molar-refractivity contribution in [1.29, 1.82) is 0 Å². The van der Waals surface area contributed by atoms with E-state index in [-0.39, 0.29) is 19.5 Å². The molecule has 0 saturated heterocycles. The molecule has 0 aliphatic heterocycles. The van der Waals surface area contributed by atoms with Gasteiger partial charge in [-0.2, -0.15) is 0 Å². The molecule has 3 heteroatoms. The molecule has 0 amide bonds. The van der Waals surface area contributed by atoms with Crippen LogP contribution < -0.4 is 0 Å². The molecule has 0 aliphatic rings. The average molecular weight is 202 g/mol. The van der Waals surface area contributed by atoms with Crippen LogP contribution in [-0.2, 0) is 19.5 Å². The normalized spacial score (nSPS) is 8.25. The van der Waals surface area contributed by atoms with Gasteiger partial charge in [0.1, 0.15) is 0 Å². The molecule has 0 radical (unpaired) electrons. The van der Waals surface area contributed by atoms with Crippen molar-refractivity contribution < 1.29 is 19.5 Å². The van der Waals surface area contributed by atoms with Gasteiger partial charge in [-0.25, -0.2) is 0 Å².